The zero-order valence-electron chi connectivity index (χ0n) is 20.9. The van der Waals surface area contributed by atoms with Gasteiger partial charge in [0, 0.05) is 42.2 Å². The minimum Gasteiger partial charge on any atom is -0.481 e. The van der Waals surface area contributed by atoms with Crippen molar-refractivity contribution >= 4 is 69.5 Å². The number of hydrogen-bond donors (Lipinski definition) is 5. The van der Waals surface area contributed by atoms with E-state index < -0.39 is 51.4 Å². The first-order valence-electron chi connectivity index (χ1n) is 12.0. The Morgan fingerprint density at radius 1 is 1.39 bits per heavy atom. The number of tetrazole rings is 1. The fourth-order valence-electron chi connectivity index (χ4n) is 4.60. The highest BCUT2D eigenvalue weighted by Crippen LogP contribution is 2.48. The van der Waals surface area contributed by atoms with Gasteiger partial charge in [-0.3, -0.25) is 14.4 Å². The van der Waals surface area contributed by atoms with Gasteiger partial charge in [-0.15, -0.1) is 33.3 Å². The van der Waals surface area contributed by atoms with Crippen molar-refractivity contribution in [3.63, 3.8) is 0 Å². The van der Waals surface area contributed by atoms with Crippen LogP contribution in [-0.2, 0) is 24.0 Å². The lowest BCUT2D eigenvalue weighted by Crippen LogP contribution is -2.75. The zero-order chi connectivity index (χ0) is 29.4. The van der Waals surface area contributed by atoms with Crippen molar-refractivity contribution in [2.45, 2.75) is 53.1 Å². The van der Waals surface area contributed by atoms with E-state index in [0.29, 0.717) is 6.42 Å². The fraction of sp³-hybridized carbons (Fsp3) is 0.524. The summed E-state index contributed by atoms with van der Waals surface area (Å²) in [5, 5.41) is 49.4. The summed E-state index contributed by atoms with van der Waals surface area (Å²) in [6.45, 7) is -0.198. The Morgan fingerprint density at radius 3 is 2.73 bits per heavy atom. The number of nitrogens with two attached hydrogens (primary N) is 1. The molecular weight excluding hydrogens is 600 g/mol. The number of anilines is 1. The summed E-state index contributed by atoms with van der Waals surface area (Å²) in [4.78, 5) is 61.4. The van der Waals surface area contributed by atoms with Gasteiger partial charge in [-0.1, -0.05) is 16.9 Å². The Morgan fingerprint density at radius 2 is 2.17 bits per heavy atom. The number of thioether (sulfide) groups is 2. The number of H-pyrrole nitrogens is 1. The molecule has 6 N–H and O–H groups in total. The number of oxime groups is 1. The molecule has 4 heterocycles. The molecule has 1 aliphatic carbocycles. The largest absolute Gasteiger partial charge is 0.481 e. The monoisotopic (exact) mass is 622 g/mol. The second-order valence-corrected chi connectivity index (χ2v) is 12.7. The lowest BCUT2D eigenvalue weighted by atomic mass is 9.80. The summed E-state index contributed by atoms with van der Waals surface area (Å²) in [5.74, 6) is -3.72. The van der Waals surface area contributed by atoms with E-state index in [1.165, 1.54) is 10.3 Å². The van der Waals surface area contributed by atoms with Crippen LogP contribution in [0.4, 0.5) is 5.13 Å². The van der Waals surface area contributed by atoms with Gasteiger partial charge in [0.05, 0.1) is 6.07 Å². The molecule has 2 aromatic rings. The maximum Gasteiger partial charge on any atom is 0.350 e. The number of carboxylic acid groups (broad SMARTS) is 2. The van der Waals surface area contributed by atoms with E-state index >= 15 is 0 Å². The lowest BCUT2D eigenvalue weighted by molar-refractivity contribution is -0.178. The lowest BCUT2D eigenvalue weighted by Gasteiger charge is -2.55. The molecule has 0 spiro atoms. The smallest absolute Gasteiger partial charge is 0.350 e. The van der Waals surface area contributed by atoms with Gasteiger partial charge in [-0.2, -0.15) is 10.5 Å². The summed E-state index contributed by atoms with van der Waals surface area (Å²) in [6, 6.07) is 0.982. The summed E-state index contributed by atoms with van der Waals surface area (Å²) < 4.78 is 0. The molecule has 3 fully saturated rings. The molecule has 2 aromatic heterocycles. The number of nitrogen functional groups attached to an aromatic ring is 1. The third-order valence-corrected chi connectivity index (χ3v) is 10.6. The number of carbonyl (C=O) groups is 4. The van der Waals surface area contributed by atoms with E-state index in [4.69, 9.17) is 10.6 Å². The van der Waals surface area contributed by atoms with E-state index in [1.807, 2.05) is 6.07 Å². The topological polar surface area (TPSA) is 263 Å². The Kier molecular flexibility index (Phi) is 7.76. The highest BCUT2D eigenvalue weighted by Gasteiger charge is 2.60. The summed E-state index contributed by atoms with van der Waals surface area (Å²) in [5.41, 5.74) is 2.37. The van der Waals surface area contributed by atoms with Crippen LogP contribution in [0.3, 0.4) is 0 Å². The third-order valence-electron chi connectivity index (χ3n) is 7.13. The molecule has 0 radical (unpaired) electrons. The Balaban J connectivity index is 1.32. The molecule has 0 bridgehead atoms. The van der Waals surface area contributed by atoms with Crippen molar-refractivity contribution in [2.24, 2.45) is 10.6 Å². The quantitative estimate of drug-likeness (QED) is 0.0916. The molecule has 2 amide bonds. The van der Waals surface area contributed by atoms with Crippen LogP contribution in [0.2, 0.25) is 0 Å². The number of nitrogens with zero attached hydrogens (tertiary/aromatic N) is 7. The highest BCUT2D eigenvalue weighted by molar-refractivity contribution is 8.01. The Hall–Kier alpha value is -3.96. The number of amides is 2. The normalized spacial score (nSPS) is 25.6. The maximum absolute atomic E-state index is 13.3. The second kappa shape index (κ2) is 11.1. The average Bonchev–Trinajstić information content (AvgIpc) is 3.59. The van der Waals surface area contributed by atoms with Crippen molar-refractivity contribution in [3.05, 3.63) is 11.1 Å². The van der Waals surface area contributed by atoms with Crippen LogP contribution < -0.4 is 11.1 Å². The molecule has 3 unspecified atom stereocenters. The number of β-lactam (4-membered cyclic amide) rings is 1. The van der Waals surface area contributed by atoms with Gasteiger partial charge in [0.2, 0.25) is 16.7 Å². The number of thiazole rings is 1. The molecule has 41 heavy (non-hydrogen) atoms. The molecule has 20 heteroatoms. The maximum atomic E-state index is 13.3. The molecule has 3 aliphatic rings. The molecule has 1 saturated carbocycles. The predicted molar refractivity (Wildman–Crippen MR) is 142 cm³/mol. The van der Waals surface area contributed by atoms with E-state index in [0.717, 1.165) is 34.9 Å². The Labute approximate surface area is 243 Å². The van der Waals surface area contributed by atoms with Crippen LogP contribution in [0.5, 0.6) is 0 Å². The number of fused-ring (bicyclic) bond motifs is 1. The average molecular weight is 623 g/mol. The van der Waals surface area contributed by atoms with Crippen LogP contribution in [0.1, 0.15) is 31.4 Å². The highest BCUT2D eigenvalue weighted by atomic mass is 32.2. The van der Waals surface area contributed by atoms with Crippen molar-refractivity contribution in [3.8, 4) is 6.07 Å². The van der Waals surface area contributed by atoms with Crippen LogP contribution in [-0.4, -0.2) is 105 Å². The molecule has 216 valence electrons. The number of aromatic nitrogens is 5. The van der Waals surface area contributed by atoms with Crippen LogP contribution in [0, 0.1) is 16.7 Å². The zero-order valence-corrected chi connectivity index (χ0v) is 23.4. The van der Waals surface area contributed by atoms with Gasteiger partial charge in [-0.05, 0) is 11.6 Å². The van der Waals surface area contributed by atoms with E-state index in [2.05, 4.69) is 36.1 Å². The SMILES string of the molecule is N#CCC(Sc1nn[nH]n1)C1(C(=O)O)CS[C@@H]2C(NC(=O)C(=NOC3(C(=O)O)CCC3)c3csc(N)n3)C(=O)N2C1. The van der Waals surface area contributed by atoms with Crippen molar-refractivity contribution in [1.82, 2.24) is 35.8 Å². The molecule has 2 aliphatic heterocycles. The molecule has 4 atom stereocenters. The van der Waals surface area contributed by atoms with Crippen LogP contribution >= 0.6 is 34.9 Å². The van der Waals surface area contributed by atoms with Gasteiger partial charge in [0.25, 0.3) is 5.91 Å². The number of carbonyl (C=O) groups excluding carboxylic acids is 2. The number of hydrogen-bond acceptors (Lipinski definition) is 15. The molecule has 17 nitrogen and oxygen atoms in total. The van der Waals surface area contributed by atoms with Crippen LogP contribution in [0.25, 0.3) is 0 Å². The molecule has 0 aromatic carbocycles. The fourth-order valence-corrected chi connectivity index (χ4v) is 7.96. The number of aromatic amines is 1. The van der Waals surface area contributed by atoms with Crippen LogP contribution in [0.15, 0.2) is 15.7 Å². The number of nitrogens with one attached hydrogen (secondary N) is 2. The van der Waals surface area contributed by atoms with Crippen molar-refractivity contribution in [1.29, 1.82) is 5.26 Å². The third kappa shape index (κ3) is 5.15. The van der Waals surface area contributed by atoms with Gasteiger partial charge in [0.1, 0.15) is 22.5 Å². The number of carboxylic acids is 2. The second-order valence-electron chi connectivity index (χ2n) is 9.50. The van der Waals surface area contributed by atoms with Gasteiger partial charge >= 0.3 is 11.9 Å². The van der Waals surface area contributed by atoms with E-state index in [-0.39, 0.29) is 53.3 Å². The minimum absolute atomic E-state index is 0.0359. The van der Waals surface area contributed by atoms with Crippen molar-refractivity contribution < 1.29 is 34.2 Å². The van der Waals surface area contributed by atoms with Gasteiger partial charge in [-0.25, -0.2) is 9.78 Å². The first-order valence-corrected chi connectivity index (χ1v) is 14.9. The van der Waals surface area contributed by atoms with E-state index in [9.17, 15) is 34.7 Å². The van der Waals surface area contributed by atoms with Gasteiger partial charge in [0.15, 0.2) is 10.8 Å². The number of rotatable bonds is 11. The predicted octanol–water partition coefficient (Wildman–Crippen LogP) is -0.488. The summed E-state index contributed by atoms with van der Waals surface area (Å²) in [6.07, 6.45) is 0.919. The number of nitriles is 1. The first-order chi connectivity index (χ1) is 19.6. The standard InChI is InChI=1S/C21H22N10O7S3/c22-5-2-10(41-19-26-29-30-27-19)20(16(34)35)7-31-14(33)12(15(31)40-8-20)25-13(32)11(9-6-39-18(23)24-9)28-38-21(17(36)37)3-1-4-21/h6,10,12,15H,1-4,7-8H2,(H2,23,24)(H,25,32)(H,34,35)(H,36,37)(H,26,27,29,30)/t10?,12?,15-,20?/m1/s1. The van der Waals surface area contributed by atoms with Gasteiger partial charge < -0.3 is 31.0 Å². The Bertz CT molecular complexity index is 1440. The number of aliphatic carboxylic acids is 2. The molecular formula is C21H22N10O7S3. The summed E-state index contributed by atoms with van der Waals surface area (Å²) in [7, 11) is 0. The van der Waals surface area contributed by atoms with E-state index in [1.54, 1.807) is 0 Å². The molecule has 5 rings (SSSR count). The first kappa shape index (κ1) is 28.6. The molecule has 2 saturated heterocycles. The summed E-state index contributed by atoms with van der Waals surface area (Å²) >= 11 is 3.18. The minimum atomic E-state index is -1.55. The van der Waals surface area contributed by atoms with Crippen molar-refractivity contribution in [2.75, 3.05) is 18.0 Å².